The highest BCUT2D eigenvalue weighted by Gasteiger charge is 2.36. The highest BCUT2D eigenvalue weighted by Crippen LogP contribution is 2.34. The van der Waals surface area contributed by atoms with Crippen molar-refractivity contribution >= 4 is 16.5 Å². The van der Waals surface area contributed by atoms with Crippen molar-refractivity contribution in [2.75, 3.05) is 50.7 Å². The molecule has 136 valence electrons. The zero-order valence-corrected chi connectivity index (χ0v) is 14.1. The van der Waals surface area contributed by atoms with Gasteiger partial charge in [-0.2, -0.15) is 13.2 Å². The van der Waals surface area contributed by atoms with Crippen molar-refractivity contribution in [2.24, 2.45) is 5.92 Å². The molecule has 1 aromatic rings. The average Bonchev–Trinajstić information content (AvgIpc) is 3.07. The van der Waals surface area contributed by atoms with E-state index in [2.05, 4.69) is 20.4 Å². The first-order valence-electron chi connectivity index (χ1n) is 8.20. The van der Waals surface area contributed by atoms with Crippen LogP contribution in [-0.4, -0.2) is 72.1 Å². The number of halogens is 3. The lowest BCUT2D eigenvalue weighted by atomic mass is 9.92. The van der Waals surface area contributed by atoms with Gasteiger partial charge in [0.1, 0.15) is 0 Å². The number of aliphatic hydroxyl groups excluding tert-OH is 1. The Labute approximate surface area is 142 Å². The van der Waals surface area contributed by atoms with E-state index < -0.39 is 11.2 Å². The summed E-state index contributed by atoms with van der Waals surface area (Å²) in [4.78, 5) is 4.01. The molecule has 2 aliphatic rings. The summed E-state index contributed by atoms with van der Waals surface area (Å²) in [5.41, 5.74) is 0. The molecule has 6 nitrogen and oxygen atoms in total. The van der Waals surface area contributed by atoms with Crippen LogP contribution in [0.4, 0.5) is 18.3 Å². The number of hydrogen-bond donors (Lipinski definition) is 2. The summed E-state index contributed by atoms with van der Waals surface area (Å²) in [6, 6.07) is 0. The van der Waals surface area contributed by atoms with E-state index in [0.29, 0.717) is 55.1 Å². The lowest BCUT2D eigenvalue weighted by Gasteiger charge is -2.37. The third-order valence-corrected chi connectivity index (χ3v) is 5.70. The summed E-state index contributed by atoms with van der Waals surface area (Å²) >= 11 is 0.588. The van der Waals surface area contributed by atoms with Crippen LogP contribution in [0.2, 0.25) is 0 Å². The quantitative estimate of drug-likeness (QED) is 0.831. The molecule has 0 aromatic carbocycles. The Morgan fingerprint density at radius 2 is 1.83 bits per heavy atom. The molecule has 0 amide bonds. The van der Waals surface area contributed by atoms with E-state index in [1.165, 1.54) is 0 Å². The molecule has 1 unspecified atom stereocenters. The van der Waals surface area contributed by atoms with Crippen molar-refractivity contribution in [2.45, 2.75) is 25.1 Å². The molecule has 0 aliphatic carbocycles. The Kier molecular flexibility index (Phi) is 5.58. The maximum absolute atomic E-state index is 12.6. The summed E-state index contributed by atoms with van der Waals surface area (Å²) < 4.78 is 37.8. The SMILES string of the molecule is OC(CN1CCN(c2nnc(C(F)(F)F)s2)CC1)C1CCNCC1. The molecule has 24 heavy (non-hydrogen) atoms. The maximum Gasteiger partial charge on any atom is 0.445 e. The summed E-state index contributed by atoms with van der Waals surface area (Å²) in [6.07, 6.45) is -2.79. The molecule has 0 spiro atoms. The summed E-state index contributed by atoms with van der Waals surface area (Å²) in [5, 5.41) is 20.0. The number of aromatic nitrogens is 2. The van der Waals surface area contributed by atoms with Crippen LogP contribution >= 0.6 is 11.3 Å². The van der Waals surface area contributed by atoms with Gasteiger partial charge in [-0.25, -0.2) is 0 Å². The van der Waals surface area contributed by atoms with E-state index in [1.807, 2.05) is 4.90 Å². The largest absolute Gasteiger partial charge is 0.445 e. The third-order valence-electron chi connectivity index (χ3n) is 4.67. The third kappa shape index (κ3) is 4.35. The van der Waals surface area contributed by atoms with Crippen LogP contribution in [0, 0.1) is 5.92 Å². The van der Waals surface area contributed by atoms with Gasteiger partial charge in [-0.15, -0.1) is 10.2 Å². The zero-order valence-electron chi connectivity index (χ0n) is 13.3. The highest BCUT2D eigenvalue weighted by atomic mass is 32.1. The van der Waals surface area contributed by atoms with Crippen LogP contribution in [0.1, 0.15) is 17.8 Å². The van der Waals surface area contributed by atoms with Gasteiger partial charge in [0.2, 0.25) is 10.1 Å². The van der Waals surface area contributed by atoms with Crippen molar-refractivity contribution < 1.29 is 18.3 Å². The van der Waals surface area contributed by atoms with E-state index in [4.69, 9.17) is 0 Å². The van der Waals surface area contributed by atoms with Gasteiger partial charge in [-0.05, 0) is 31.8 Å². The van der Waals surface area contributed by atoms with Crippen LogP contribution in [0.5, 0.6) is 0 Å². The molecule has 2 N–H and O–H groups in total. The van der Waals surface area contributed by atoms with E-state index in [9.17, 15) is 18.3 Å². The van der Waals surface area contributed by atoms with E-state index in [1.54, 1.807) is 0 Å². The van der Waals surface area contributed by atoms with Gasteiger partial charge in [0.25, 0.3) is 0 Å². The van der Waals surface area contributed by atoms with Gasteiger partial charge in [-0.3, -0.25) is 4.90 Å². The Bertz CT molecular complexity index is 527. The van der Waals surface area contributed by atoms with Crippen LogP contribution in [0.25, 0.3) is 0 Å². The fourth-order valence-electron chi connectivity index (χ4n) is 3.22. The Balaban J connectivity index is 1.48. The van der Waals surface area contributed by atoms with Crippen LogP contribution < -0.4 is 10.2 Å². The van der Waals surface area contributed by atoms with E-state index >= 15 is 0 Å². The molecule has 2 saturated heterocycles. The Hall–Kier alpha value is -0.970. The highest BCUT2D eigenvalue weighted by molar-refractivity contribution is 7.15. The Morgan fingerprint density at radius 1 is 1.17 bits per heavy atom. The number of nitrogens with one attached hydrogen (secondary N) is 1. The standard InChI is InChI=1S/C14H22F3N5OS/c15-14(16,17)12-19-20-13(24-12)22-7-5-21(6-8-22)9-11(23)10-1-3-18-4-2-10/h10-11,18,23H,1-9H2. The summed E-state index contributed by atoms with van der Waals surface area (Å²) in [6.45, 7) is 5.16. The smallest absolute Gasteiger partial charge is 0.392 e. The molecule has 2 fully saturated rings. The van der Waals surface area contributed by atoms with Crippen molar-refractivity contribution in [1.29, 1.82) is 0 Å². The lowest BCUT2D eigenvalue weighted by Crippen LogP contribution is -2.50. The summed E-state index contributed by atoms with van der Waals surface area (Å²) in [7, 11) is 0. The fraction of sp³-hybridized carbons (Fsp3) is 0.857. The van der Waals surface area contributed by atoms with Crippen molar-refractivity contribution in [3.63, 3.8) is 0 Å². The first-order valence-corrected chi connectivity index (χ1v) is 9.02. The van der Waals surface area contributed by atoms with Gasteiger partial charge in [0, 0.05) is 32.7 Å². The fourth-order valence-corrected chi connectivity index (χ4v) is 3.99. The number of alkyl halides is 3. The molecular weight excluding hydrogens is 343 g/mol. The number of β-amino-alcohol motifs (C(OH)–C–C–N with tert-alkyl or cyclic N) is 1. The van der Waals surface area contributed by atoms with Gasteiger partial charge >= 0.3 is 6.18 Å². The zero-order chi connectivity index (χ0) is 17.2. The van der Waals surface area contributed by atoms with Crippen LogP contribution in [0.3, 0.4) is 0 Å². The first kappa shape index (κ1) is 17.8. The molecule has 3 rings (SSSR count). The topological polar surface area (TPSA) is 64.5 Å². The minimum absolute atomic E-state index is 0.320. The minimum Gasteiger partial charge on any atom is -0.392 e. The van der Waals surface area contributed by atoms with Crippen molar-refractivity contribution in [3.05, 3.63) is 5.01 Å². The summed E-state index contributed by atoms with van der Waals surface area (Å²) in [5.74, 6) is 0.335. The second-order valence-corrected chi connectivity index (χ2v) is 7.29. The van der Waals surface area contributed by atoms with Gasteiger partial charge in [0.15, 0.2) is 0 Å². The Morgan fingerprint density at radius 3 is 2.42 bits per heavy atom. The van der Waals surface area contributed by atoms with Crippen LogP contribution in [-0.2, 0) is 6.18 Å². The monoisotopic (exact) mass is 365 g/mol. The first-order chi connectivity index (χ1) is 11.4. The number of anilines is 1. The minimum atomic E-state index is -4.43. The second kappa shape index (κ2) is 7.51. The molecule has 0 bridgehead atoms. The molecule has 0 radical (unpaired) electrons. The van der Waals surface area contributed by atoms with Crippen molar-refractivity contribution in [3.8, 4) is 0 Å². The molecule has 1 atom stereocenters. The number of piperidine rings is 1. The molecular formula is C14H22F3N5OS. The predicted octanol–water partition coefficient (Wildman–Crippen LogP) is 1.04. The van der Waals surface area contributed by atoms with Gasteiger partial charge < -0.3 is 15.3 Å². The number of nitrogens with zero attached hydrogens (tertiary/aromatic N) is 4. The van der Waals surface area contributed by atoms with E-state index in [0.717, 1.165) is 25.9 Å². The molecule has 2 aliphatic heterocycles. The lowest BCUT2D eigenvalue weighted by molar-refractivity contribution is -0.138. The molecule has 10 heteroatoms. The predicted molar refractivity (Wildman–Crippen MR) is 85.2 cm³/mol. The molecule has 3 heterocycles. The number of hydrogen-bond acceptors (Lipinski definition) is 7. The second-order valence-electron chi connectivity index (χ2n) is 6.33. The van der Waals surface area contributed by atoms with E-state index in [-0.39, 0.29) is 6.10 Å². The number of aliphatic hydroxyl groups is 1. The average molecular weight is 365 g/mol. The number of rotatable bonds is 4. The van der Waals surface area contributed by atoms with Crippen molar-refractivity contribution in [1.82, 2.24) is 20.4 Å². The van der Waals surface area contributed by atoms with Crippen LogP contribution in [0.15, 0.2) is 0 Å². The maximum atomic E-state index is 12.6. The van der Waals surface area contributed by atoms with Gasteiger partial charge in [-0.1, -0.05) is 11.3 Å². The van der Waals surface area contributed by atoms with Gasteiger partial charge in [0.05, 0.1) is 6.10 Å². The molecule has 1 aromatic heterocycles. The molecule has 0 saturated carbocycles. The normalized spacial score (nSPS) is 22.8. The number of piperazine rings is 1.